The van der Waals surface area contributed by atoms with Crippen molar-refractivity contribution < 1.29 is 4.39 Å². The van der Waals surface area contributed by atoms with Gasteiger partial charge in [0.1, 0.15) is 11.5 Å². The smallest absolute Gasteiger partial charge is 0.141 e. The molecule has 0 atom stereocenters. The van der Waals surface area contributed by atoms with Crippen molar-refractivity contribution in [3.63, 3.8) is 0 Å². The molecule has 0 bridgehead atoms. The zero-order valence-electron chi connectivity index (χ0n) is 8.67. The SMILES string of the molecule is Fc1ccc(-c2cn(C3CCC3)nn2)nc1. The van der Waals surface area contributed by atoms with Crippen LogP contribution >= 0.6 is 0 Å². The van der Waals surface area contributed by atoms with E-state index in [0.29, 0.717) is 17.4 Å². The molecule has 0 aliphatic heterocycles. The predicted molar refractivity (Wildman–Crippen MR) is 56.1 cm³/mol. The summed E-state index contributed by atoms with van der Waals surface area (Å²) in [6.45, 7) is 0. The normalized spacial score (nSPS) is 16.1. The standard InChI is InChI=1S/C11H11FN4/c12-8-4-5-10(13-6-8)11-7-16(15-14-11)9-2-1-3-9/h4-7,9H,1-3H2. The van der Waals surface area contributed by atoms with Crippen molar-refractivity contribution in [1.82, 2.24) is 20.0 Å². The molecule has 2 aromatic heterocycles. The van der Waals surface area contributed by atoms with Gasteiger partial charge >= 0.3 is 0 Å². The Morgan fingerprint density at radius 3 is 2.75 bits per heavy atom. The fraction of sp³-hybridized carbons (Fsp3) is 0.364. The molecule has 16 heavy (non-hydrogen) atoms. The van der Waals surface area contributed by atoms with Crippen molar-refractivity contribution in [2.24, 2.45) is 0 Å². The van der Waals surface area contributed by atoms with Crippen LogP contribution in [0.15, 0.2) is 24.5 Å². The Hall–Kier alpha value is -1.78. The summed E-state index contributed by atoms with van der Waals surface area (Å²) in [4.78, 5) is 3.97. The van der Waals surface area contributed by atoms with Crippen LogP contribution in [-0.2, 0) is 0 Å². The summed E-state index contributed by atoms with van der Waals surface area (Å²) in [5.74, 6) is -0.338. The van der Waals surface area contributed by atoms with Gasteiger partial charge in [0.25, 0.3) is 0 Å². The van der Waals surface area contributed by atoms with Crippen molar-refractivity contribution in [2.75, 3.05) is 0 Å². The van der Waals surface area contributed by atoms with Gasteiger partial charge in [0.15, 0.2) is 0 Å². The van der Waals surface area contributed by atoms with Crippen molar-refractivity contribution in [1.29, 1.82) is 0 Å². The summed E-state index contributed by atoms with van der Waals surface area (Å²) in [5.41, 5.74) is 1.36. The van der Waals surface area contributed by atoms with Crippen LogP contribution in [0, 0.1) is 5.82 Å². The van der Waals surface area contributed by atoms with Gasteiger partial charge in [0, 0.05) is 0 Å². The highest BCUT2D eigenvalue weighted by molar-refractivity contribution is 5.51. The van der Waals surface area contributed by atoms with Crippen LogP contribution in [0.4, 0.5) is 4.39 Å². The highest BCUT2D eigenvalue weighted by Crippen LogP contribution is 2.31. The van der Waals surface area contributed by atoms with Gasteiger partial charge in [-0.15, -0.1) is 5.10 Å². The highest BCUT2D eigenvalue weighted by Gasteiger charge is 2.20. The maximum Gasteiger partial charge on any atom is 0.141 e. The Labute approximate surface area is 92.1 Å². The molecule has 1 aliphatic rings. The molecule has 0 saturated heterocycles. The maximum atomic E-state index is 12.7. The third-order valence-corrected chi connectivity index (χ3v) is 2.95. The summed E-state index contributed by atoms with van der Waals surface area (Å²) < 4.78 is 14.6. The van der Waals surface area contributed by atoms with E-state index in [4.69, 9.17) is 0 Å². The molecule has 3 rings (SSSR count). The number of halogens is 1. The second-order valence-corrected chi connectivity index (χ2v) is 4.03. The Bertz CT molecular complexity index is 487. The first-order chi connectivity index (χ1) is 7.83. The van der Waals surface area contributed by atoms with Crippen LogP contribution in [0.1, 0.15) is 25.3 Å². The van der Waals surface area contributed by atoms with Crippen molar-refractivity contribution in [3.05, 3.63) is 30.3 Å². The Kier molecular flexibility index (Phi) is 2.16. The van der Waals surface area contributed by atoms with Crippen molar-refractivity contribution in [3.8, 4) is 11.4 Å². The van der Waals surface area contributed by atoms with E-state index in [9.17, 15) is 4.39 Å². The molecular weight excluding hydrogens is 207 g/mol. The van der Waals surface area contributed by atoms with E-state index in [2.05, 4.69) is 15.3 Å². The van der Waals surface area contributed by atoms with E-state index < -0.39 is 0 Å². The van der Waals surface area contributed by atoms with Crippen molar-refractivity contribution >= 4 is 0 Å². The van der Waals surface area contributed by atoms with Crippen LogP contribution in [0.25, 0.3) is 11.4 Å². The first-order valence-corrected chi connectivity index (χ1v) is 5.37. The quantitative estimate of drug-likeness (QED) is 0.776. The van der Waals surface area contributed by atoms with E-state index in [-0.39, 0.29) is 5.82 Å². The summed E-state index contributed by atoms with van der Waals surface area (Å²) in [6.07, 6.45) is 6.66. The van der Waals surface area contributed by atoms with Crippen LogP contribution < -0.4 is 0 Å². The van der Waals surface area contributed by atoms with Gasteiger partial charge in [-0.05, 0) is 31.4 Å². The first kappa shape index (κ1) is 9.45. The van der Waals surface area contributed by atoms with Crippen molar-refractivity contribution in [2.45, 2.75) is 25.3 Å². The minimum atomic E-state index is -0.338. The lowest BCUT2D eigenvalue weighted by Gasteiger charge is -2.24. The molecule has 1 aliphatic carbocycles. The van der Waals surface area contributed by atoms with Crippen LogP contribution in [0.3, 0.4) is 0 Å². The number of pyridine rings is 1. The molecular formula is C11H11FN4. The molecule has 1 fully saturated rings. The third-order valence-electron chi connectivity index (χ3n) is 2.95. The number of rotatable bonds is 2. The molecule has 0 radical (unpaired) electrons. The van der Waals surface area contributed by atoms with E-state index in [0.717, 1.165) is 0 Å². The first-order valence-electron chi connectivity index (χ1n) is 5.37. The second-order valence-electron chi connectivity index (χ2n) is 4.03. The van der Waals surface area contributed by atoms with E-state index >= 15 is 0 Å². The summed E-state index contributed by atoms with van der Waals surface area (Å²) >= 11 is 0. The highest BCUT2D eigenvalue weighted by atomic mass is 19.1. The summed E-state index contributed by atoms with van der Waals surface area (Å²) in [6, 6.07) is 3.48. The number of aromatic nitrogens is 4. The average Bonchev–Trinajstić information content (AvgIpc) is 2.65. The lowest BCUT2D eigenvalue weighted by atomic mass is 9.93. The van der Waals surface area contributed by atoms with Crippen LogP contribution in [0.2, 0.25) is 0 Å². The molecule has 4 nitrogen and oxygen atoms in total. The molecule has 2 aromatic rings. The molecule has 82 valence electrons. The van der Waals surface area contributed by atoms with E-state index in [1.807, 2.05) is 10.9 Å². The predicted octanol–water partition coefficient (Wildman–Crippen LogP) is 2.20. The van der Waals surface area contributed by atoms with Gasteiger partial charge in [-0.1, -0.05) is 5.21 Å². The minimum absolute atomic E-state index is 0.338. The lowest BCUT2D eigenvalue weighted by molar-refractivity contribution is 0.284. The van der Waals surface area contributed by atoms with E-state index in [1.54, 1.807) is 6.07 Å². The second kappa shape index (κ2) is 3.66. The molecule has 0 N–H and O–H groups in total. The molecule has 0 aromatic carbocycles. The minimum Gasteiger partial charge on any atom is -0.251 e. The van der Waals surface area contributed by atoms with Crippen LogP contribution in [0.5, 0.6) is 0 Å². The monoisotopic (exact) mass is 218 g/mol. The Morgan fingerprint density at radius 2 is 2.12 bits per heavy atom. The summed E-state index contributed by atoms with van der Waals surface area (Å²) in [5, 5.41) is 8.12. The fourth-order valence-corrected chi connectivity index (χ4v) is 1.75. The zero-order valence-corrected chi connectivity index (χ0v) is 8.67. The van der Waals surface area contributed by atoms with Crippen LogP contribution in [-0.4, -0.2) is 20.0 Å². The van der Waals surface area contributed by atoms with Gasteiger partial charge in [-0.3, -0.25) is 4.98 Å². The molecule has 0 unspecified atom stereocenters. The molecule has 0 amide bonds. The summed E-state index contributed by atoms with van der Waals surface area (Å²) in [7, 11) is 0. The topological polar surface area (TPSA) is 43.6 Å². The third kappa shape index (κ3) is 1.58. The molecule has 1 saturated carbocycles. The number of nitrogens with zero attached hydrogens (tertiary/aromatic N) is 4. The maximum absolute atomic E-state index is 12.7. The largest absolute Gasteiger partial charge is 0.251 e. The van der Waals surface area contributed by atoms with Gasteiger partial charge < -0.3 is 0 Å². The molecule has 0 spiro atoms. The molecule has 5 heteroatoms. The zero-order chi connectivity index (χ0) is 11.0. The average molecular weight is 218 g/mol. The van der Waals surface area contributed by atoms with Gasteiger partial charge in [0.05, 0.1) is 24.1 Å². The van der Waals surface area contributed by atoms with E-state index in [1.165, 1.54) is 31.5 Å². The lowest BCUT2D eigenvalue weighted by Crippen LogP contribution is -2.17. The van der Waals surface area contributed by atoms with Gasteiger partial charge in [-0.2, -0.15) is 0 Å². The Morgan fingerprint density at radius 1 is 1.25 bits per heavy atom. The Balaban J connectivity index is 1.88. The number of hydrogen-bond acceptors (Lipinski definition) is 3. The van der Waals surface area contributed by atoms with Gasteiger partial charge in [0.2, 0.25) is 0 Å². The fourth-order valence-electron chi connectivity index (χ4n) is 1.75. The number of hydrogen-bond donors (Lipinski definition) is 0. The molecule has 2 heterocycles. The van der Waals surface area contributed by atoms with Gasteiger partial charge in [-0.25, -0.2) is 9.07 Å².